The summed E-state index contributed by atoms with van der Waals surface area (Å²) in [6.07, 6.45) is 6.45. The molecule has 0 fully saturated rings. The van der Waals surface area contributed by atoms with E-state index in [2.05, 4.69) is 13.8 Å². The first-order valence-electron chi connectivity index (χ1n) is 7.93. The van der Waals surface area contributed by atoms with Crippen LogP contribution < -0.4 is 0 Å². The second-order valence-corrected chi connectivity index (χ2v) is 5.44. The van der Waals surface area contributed by atoms with Gasteiger partial charge in [-0.2, -0.15) is 0 Å². The van der Waals surface area contributed by atoms with Crippen LogP contribution in [0.3, 0.4) is 0 Å². The van der Waals surface area contributed by atoms with E-state index >= 15 is 0 Å². The van der Waals surface area contributed by atoms with Crippen LogP contribution in [0.2, 0.25) is 0 Å². The standard InChI is InChI=1S/C16H30O4/c1-4-7-9-13(5-2)12-20-16(19)14(6-3)10-8-11-15(17)18/h13-14H,4-12H2,1-3H3,(H,17,18). The number of unbranched alkanes of at least 4 members (excludes halogenated alkanes) is 1. The summed E-state index contributed by atoms with van der Waals surface area (Å²) in [5, 5.41) is 8.61. The van der Waals surface area contributed by atoms with Gasteiger partial charge in [0.05, 0.1) is 12.5 Å². The average Bonchev–Trinajstić information content (AvgIpc) is 2.43. The lowest BCUT2D eigenvalue weighted by Gasteiger charge is -2.18. The highest BCUT2D eigenvalue weighted by atomic mass is 16.5. The number of carbonyl (C=O) groups is 2. The van der Waals surface area contributed by atoms with Crippen molar-refractivity contribution in [1.29, 1.82) is 0 Å². The molecule has 0 heterocycles. The molecule has 0 amide bonds. The molecule has 0 radical (unpaired) electrons. The van der Waals surface area contributed by atoms with Crippen molar-refractivity contribution in [3.8, 4) is 0 Å². The molecule has 0 spiro atoms. The largest absolute Gasteiger partial charge is 0.481 e. The first-order chi connectivity index (χ1) is 9.54. The van der Waals surface area contributed by atoms with Crippen LogP contribution in [-0.4, -0.2) is 23.7 Å². The molecule has 0 bridgehead atoms. The van der Waals surface area contributed by atoms with Gasteiger partial charge in [-0.05, 0) is 31.6 Å². The highest BCUT2D eigenvalue weighted by molar-refractivity contribution is 5.72. The van der Waals surface area contributed by atoms with Gasteiger partial charge in [0.2, 0.25) is 0 Å². The maximum absolute atomic E-state index is 12.0. The van der Waals surface area contributed by atoms with Crippen molar-refractivity contribution in [2.45, 2.75) is 72.1 Å². The Morgan fingerprint density at radius 2 is 1.75 bits per heavy atom. The van der Waals surface area contributed by atoms with Crippen molar-refractivity contribution in [3.63, 3.8) is 0 Å². The Hall–Kier alpha value is -1.06. The lowest BCUT2D eigenvalue weighted by molar-refractivity contribution is -0.151. The molecular weight excluding hydrogens is 256 g/mol. The number of rotatable bonds is 12. The molecule has 0 aromatic rings. The minimum Gasteiger partial charge on any atom is -0.481 e. The Labute approximate surface area is 122 Å². The Kier molecular flexibility index (Phi) is 11.1. The molecule has 0 aromatic carbocycles. The molecule has 2 unspecified atom stereocenters. The van der Waals surface area contributed by atoms with Gasteiger partial charge < -0.3 is 9.84 Å². The zero-order chi connectivity index (χ0) is 15.4. The lowest BCUT2D eigenvalue weighted by atomic mass is 9.98. The molecular formula is C16H30O4. The van der Waals surface area contributed by atoms with Crippen molar-refractivity contribution in [3.05, 3.63) is 0 Å². The van der Waals surface area contributed by atoms with E-state index < -0.39 is 5.97 Å². The third-order valence-electron chi connectivity index (χ3n) is 3.77. The maximum atomic E-state index is 12.0. The van der Waals surface area contributed by atoms with E-state index in [0.717, 1.165) is 19.3 Å². The number of carboxylic acid groups (broad SMARTS) is 1. The van der Waals surface area contributed by atoms with Crippen LogP contribution in [0.1, 0.15) is 72.1 Å². The van der Waals surface area contributed by atoms with Gasteiger partial charge in [0.25, 0.3) is 0 Å². The predicted molar refractivity (Wildman–Crippen MR) is 79.5 cm³/mol. The van der Waals surface area contributed by atoms with Gasteiger partial charge in [-0.15, -0.1) is 0 Å². The van der Waals surface area contributed by atoms with E-state index in [1.54, 1.807) is 0 Å². The van der Waals surface area contributed by atoms with Crippen LogP contribution in [0.25, 0.3) is 0 Å². The zero-order valence-electron chi connectivity index (χ0n) is 13.2. The first kappa shape index (κ1) is 18.9. The summed E-state index contributed by atoms with van der Waals surface area (Å²) in [6.45, 7) is 6.73. The Balaban J connectivity index is 4.03. The Bertz CT molecular complexity index is 276. The Morgan fingerprint density at radius 1 is 1.05 bits per heavy atom. The number of aliphatic carboxylic acids is 1. The summed E-state index contributed by atoms with van der Waals surface area (Å²) < 4.78 is 5.42. The lowest BCUT2D eigenvalue weighted by Crippen LogP contribution is -2.21. The van der Waals surface area contributed by atoms with Crippen molar-refractivity contribution >= 4 is 11.9 Å². The fraction of sp³-hybridized carbons (Fsp3) is 0.875. The van der Waals surface area contributed by atoms with Gasteiger partial charge in [-0.1, -0.05) is 40.0 Å². The zero-order valence-corrected chi connectivity index (χ0v) is 13.2. The van der Waals surface area contributed by atoms with Gasteiger partial charge in [0.15, 0.2) is 0 Å². The number of hydrogen-bond acceptors (Lipinski definition) is 3. The van der Waals surface area contributed by atoms with Gasteiger partial charge in [0.1, 0.15) is 0 Å². The van der Waals surface area contributed by atoms with E-state index in [4.69, 9.17) is 9.84 Å². The van der Waals surface area contributed by atoms with E-state index in [0.29, 0.717) is 31.8 Å². The number of ether oxygens (including phenoxy) is 1. The van der Waals surface area contributed by atoms with Crippen LogP contribution in [0.5, 0.6) is 0 Å². The highest BCUT2D eigenvalue weighted by Crippen LogP contribution is 2.17. The minimum atomic E-state index is -0.807. The Morgan fingerprint density at radius 3 is 2.25 bits per heavy atom. The van der Waals surface area contributed by atoms with Gasteiger partial charge >= 0.3 is 11.9 Å². The molecule has 0 aliphatic rings. The monoisotopic (exact) mass is 286 g/mol. The van der Waals surface area contributed by atoms with Crippen molar-refractivity contribution in [2.75, 3.05) is 6.61 Å². The normalized spacial score (nSPS) is 13.8. The summed E-state index contributed by atoms with van der Waals surface area (Å²) in [4.78, 5) is 22.5. The van der Waals surface area contributed by atoms with E-state index in [1.807, 2.05) is 6.92 Å². The first-order valence-corrected chi connectivity index (χ1v) is 7.93. The third-order valence-corrected chi connectivity index (χ3v) is 3.77. The molecule has 0 aliphatic heterocycles. The molecule has 2 atom stereocenters. The van der Waals surface area contributed by atoms with Crippen molar-refractivity contribution in [2.24, 2.45) is 11.8 Å². The SMILES string of the molecule is CCCCC(CC)COC(=O)C(CC)CCCC(=O)O. The second kappa shape index (κ2) is 11.7. The summed E-state index contributed by atoms with van der Waals surface area (Å²) in [7, 11) is 0. The summed E-state index contributed by atoms with van der Waals surface area (Å²) in [5.74, 6) is -0.667. The topological polar surface area (TPSA) is 63.6 Å². The highest BCUT2D eigenvalue weighted by Gasteiger charge is 2.19. The number of carbonyl (C=O) groups excluding carboxylic acids is 1. The van der Waals surface area contributed by atoms with Crippen molar-refractivity contribution < 1.29 is 19.4 Å². The molecule has 1 N–H and O–H groups in total. The van der Waals surface area contributed by atoms with Crippen LogP contribution in [-0.2, 0) is 14.3 Å². The number of esters is 1. The summed E-state index contributed by atoms with van der Waals surface area (Å²) >= 11 is 0. The maximum Gasteiger partial charge on any atom is 0.308 e. The van der Waals surface area contributed by atoms with Gasteiger partial charge in [-0.3, -0.25) is 9.59 Å². The molecule has 0 saturated heterocycles. The molecule has 0 aromatic heterocycles. The molecule has 0 saturated carbocycles. The predicted octanol–water partition coefficient (Wildman–Crippen LogP) is 4.03. The van der Waals surface area contributed by atoms with Crippen LogP contribution in [0.4, 0.5) is 0 Å². The molecule has 118 valence electrons. The minimum absolute atomic E-state index is 0.123. The third kappa shape index (κ3) is 8.94. The molecule has 4 nitrogen and oxygen atoms in total. The second-order valence-electron chi connectivity index (χ2n) is 5.44. The van der Waals surface area contributed by atoms with Crippen LogP contribution >= 0.6 is 0 Å². The summed E-state index contributed by atoms with van der Waals surface area (Å²) in [6, 6.07) is 0. The molecule has 0 rings (SSSR count). The van der Waals surface area contributed by atoms with E-state index in [9.17, 15) is 9.59 Å². The van der Waals surface area contributed by atoms with Gasteiger partial charge in [0, 0.05) is 6.42 Å². The fourth-order valence-corrected chi connectivity index (χ4v) is 2.20. The smallest absolute Gasteiger partial charge is 0.308 e. The van der Waals surface area contributed by atoms with E-state index in [1.165, 1.54) is 6.42 Å². The molecule has 20 heavy (non-hydrogen) atoms. The summed E-state index contributed by atoms with van der Waals surface area (Å²) in [5.41, 5.74) is 0. The number of carboxylic acids is 1. The fourth-order valence-electron chi connectivity index (χ4n) is 2.20. The van der Waals surface area contributed by atoms with E-state index in [-0.39, 0.29) is 18.3 Å². The van der Waals surface area contributed by atoms with Crippen LogP contribution in [0.15, 0.2) is 0 Å². The van der Waals surface area contributed by atoms with Crippen LogP contribution in [0, 0.1) is 11.8 Å². The molecule has 4 heteroatoms. The van der Waals surface area contributed by atoms with Crippen molar-refractivity contribution in [1.82, 2.24) is 0 Å². The molecule has 0 aliphatic carbocycles. The average molecular weight is 286 g/mol. The quantitative estimate of drug-likeness (QED) is 0.550. The number of hydrogen-bond donors (Lipinski definition) is 1. The van der Waals surface area contributed by atoms with Gasteiger partial charge in [-0.25, -0.2) is 0 Å².